The van der Waals surface area contributed by atoms with Gasteiger partial charge in [0.2, 0.25) is 0 Å². The second-order valence-corrected chi connectivity index (χ2v) is 5.84. The summed E-state index contributed by atoms with van der Waals surface area (Å²) in [6, 6.07) is 3.97. The summed E-state index contributed by atoms with van der Waals surface area (Å²) in [5.74, 6) is 1.21. The number of piperidine rings is 1. The second kappa shape index (κ2) is 5.02. The fourth-order valence-electron chi connectivity index (χ4n) is 2.76. The third-order valence-electron chi connectivity index (χ3n) is 3.72. The average molecular weight is 310 g/mol. The van der Waals surface area contributed by atoms with Crippen LogP contribution in [0.1, 0.15) is 28.8 Å². The van der Waals surface area contributed by atoms with Crippen LogP contribution in [0, 0.1) is 5.92 Å². The van der Waals surface area contributed by atoms with E-state index in [1.807, 2.05) is 6.07 Å². The van der Waals surface area contributed by atoms with Gasteiger partial charge in [-0.3, -0.25) is 4.79 Å². The Morgan fingerprint density at radius 3 is 2.89 bits per heavy atom. The van der Waals surface area contributed by atoms with Crippen molar-refractivity contribution in [1.29, 1.82) is 0 Å². The van der Waals surface area contributed by atoms with Crippen molar-refractivity contribution < 1.29 is 9.53 Å². The Kier molecular flexibility index (Phi) is 3.39. The maximum atomic E-state index is 12.6. The van der Waals surface area contributed by atoms with Gasteiger partial charge in [-0.2, -0.15) is 0 Å². The average Bonchev–Trinajstić information content (AvgIpc) is 2.86. The van der Waals surface area contributed by atoms with E-state index in [1.54, 1.807) is 0 Å². The van der Waals surface area contributed by atoms with Crippen molar-refractivity contribution in [2.24, 2.45) is 5.92 Å². The minimum absolute atomic E-state index is 0.147. The quantitative estimate of drug-likeness (QED) is 0.853. The van der Waals surface area contributed by atoms with E-state index in [9.17, 15) is 4.79 Å². The molecule has 0 spiro atoms. The maximum Gasteiger partial charge on any atom is 0.169 e. The molecule has 0 radical (unpaired) electrons. The topological polar surface area (TPSA) is 38.3 Å². The Balaban J connectivity index is 1.93. The van der Waals surface area contributed by atoms with E-state index >= 15 is 0 Å². The number of carbonyl (C=O) groups is 1. The van der Waals surface area contributed by atoms with Gasteiger partial charge < -0.3 is 10.1 Å². The summed E-state index contributed by atoms with van der Waals surface area (Å²) < 4.78 is 6.62. The molecular formula is C14H16BrNO2. The van der Waals surface area contributed by atoms with E-state index < -0.39 is 0 Å². The van der Waals surface area contributed by atoms with Gasteiger partial charge in [0.15, 0.2) is 5.78 Å². The van der Waals surface area contributed by atoms with Crippen LogP contribution in [0.4, 0.5) is 0 Å². The molecule has 0 bridgehead atoms. The van der Waals surface area contributed by atoms with Gasteiger partial charge in [-0.25, -0.2) is 0 Å². The van der Waals surface area contributed by atoms with Crippen LogP contribution in [0.3, 0.4) is 0 Å². The summed E-state index contributed by atoms with van der Waals surface area (Å²) in [6.07, 6.45) is 2.77. The van der Waals surface area contributed by atoms with Crippen LogP contribution in [0.2, 0.25) is 0 Å². The first-order valence-electron chi connectivity index (χ1n) is 6.46. The Labute approximate surface area is 115 Å². The second-order valence-electron chi connectivity index (χ2n) is 4.93. The van der Waals surface area contributed by atoms with Gasteiger partial charge in [-0.1, -0.05) is 15.9 Å². The summed E-state index contributed by atoms with van der Waals surface area (Å²) >= 11 is 3.49. The van der Waals surface area contributed by atoms with Crippen LogP contribution in [0.5, 0.6) is 5.75 Å². The molecular weight excluding hydrogens is 294 g/mol. The van der Waals surface area contributed by atoms with Crippen molar-refractivity contribution >= 4 is 21.7 Å². The predicted octanol–water partition coefficient (Wildman–Crippen LogP) is 2.57. The van der Waals surface area contributed by atoms with Gasteiger partial charge >= 0.3 is 0 Å². The first-order valence-corrected chi connectivity index (χ1v) is 7.25. The van der Waals surface area contributed by atoms with Gasteiger partial charge in [-0.15, -0.1) is 0 Å². The van der Waals surface area contributed by atoms with Crippen LogP contribution in [-0.2, 0) is 6.42 Å². The highest BCUT2D eigenvalue weighted by Crippen LogP contribution is 2.35. The van der Waals surface area contributed by atoms with E-state index in [2.05, 4.69) is 27.3 Å². The van der Waals surface area contributed by atoms with Gasteiger partial charge in [0, 0.05) is 16.8 Å². The number of hydrogen-bond donors (Lipinski definition) is 1. The third kappa shape index (κ3) is 2.19. The minimum atomic E-state index is 0.147. The highest BCUT2D eigenvalue weighted by molar-refractivity contribution is 9.10. The van der Waals surface area contributed by atoms with Crippen molar-refractivity contribution in [2.45, 2.75) is 19.3 Å². The summed E-state index contributed by atoms with van der Waals surface area (Å²) in [6.45, 7) is 2.57. The molecule has 0 atom stereocenters. The zero-order valence-corrected chi connectivity index (χ0v) is 11.8. The van der Waals surface area contributed by atoms with Crippen molar-refractivity contribution in [3.8, 4) is 5.75 Å². The van der Waals surface area contributed by atoms with Crippen LogP contribution in [0.25, 0.3) is 0 Å². The Morgan fingerprint density at radius 2 is 2.11 bits per heavy atom. The van der Waals surface area contributed by atoms with Crippen LogP contribution in [0.15, 0.2) is 16.6 Å². The number of carbonyl (C=O) groups excluding carboxylic acids is 1. The van der Waals surface area contributed by atoms with E-state index in [-0.39, 0.29) is 11.7 Å². The van der Waals surface area contributed by atoms with Crippen LogP contribution in [-0.4, -0.2) is 25.5 Å². The molecule has 1 aromatic rings. The molecule has 0 saturated carbocycles. The zero-order valence-electron chi connectivity index (χ0n) is 10.2. The molecule has 3 nitrogen and oxygen atoms in total. The third-order valence-corrected chi connectivity index (χ3v) is 4.18. The lowest BCUT2D eigenvalue weighted by molar-refractivity contribution is 0.0892. The maximum absolute atomic E-state index is 12.6. The summed E-state index contributed by atoms with van der Waals surface area (Å²) in [5.41, 5.74) is 1.92. The van der Waals surface area contributed by atoms with Gasteiger partial charge in [0.1, 0.15) is 5.75 Å². The molecule has 0 aliphatic carbocycles. The fourth-order valence-corrected chi connectivity index (χ4v) is 3.26. The Morgan fingerprint density at radius 1 is 1.33 bits per heavy atom. The van der Waals surface area contributed by atoms with Gasteiger partial charge in [0.05, 0.1) is 12.2 Å². The number of hydrogen-bond acceptors (Lipinski definition) is 3. The van der Waals surface area contributed by atoms with E-state index in [1.165, 1.54) is 0 Å². The highest BCUT2D eigenvalue weighted by Gasteiger charge is 2.28. The number of halogens is 1. The van der Waals surface area contributed by atoms with Crippen LogP contribution < -0.4 is 10.1 Å². The van der Waals surface area contributed by atoms with Crippen LogP contribution >= 0.6 is 15.9 Å². The van der Waals surface area contributed by atoms with Crippen molar-refractivity contribution in [3.05, 3.63) is 27.7 Å². The first kappa shape index (κ1) is 12.2. The molecule has 1 aromatic carbocycles. The number of fused-ring (bicyclic) bond motifs is 1. The molecule has 2 aliphatic heterocycles. The minimum Gasteiger partial charge on any atom is -0.492 e. The number of nitrogens with one attached hydrogen (secondary N) is 1. The Hall–Kier alpha value is -0.870. The smallest absolute Gasteiger partial charge is 0.169 e. The molecule has 0 unspecified atom stereocenters. The van der Waals surface area contributed by atoms with E-state index in [0.29, 0.717) is 6.61 Å². The summed E-state index contributed by atoms with van der Waals surface area (Å²) in [4.78, 5) is 12.6. The molecule has 3 rings (SSSR count). The molecule has 2 heterocycles. The molecule has 1 saturated heterocycles. The van der Waals surface area contributed by atoms with Gasteiger partial charge in [0.25, 0.3) is 0 Å². The molecule has 1 fully saturated rings. The molecule has 0 amide bonds. The SMILES string of the molecule is O=C(c1cc(Br)cc2c1OCC2)C1CCNCC1. The lowest BCUT2D eigenvalue weighted by atomic mass is 9.88. The highest BCUT2D eigenvalue weighted by atomic mass is 79.9. The van der Waals surface area contributed by atoms with Gasteiger partial charge in [-0.05, 0) is 43.6 Å². The summed E-state index contributed by atoms with van der Waals surface area (Å²) in [7, 11) is 0. The molecule has 96 valence electrons. The number of Topliss-reactive ketones (excluding diaryl/α,β-unsaturated/α-hetero) is 1. The molecule has 4 heteroatoms. The predicted molar refractivity (Wildman–Crippen MR) is 73.3 cm³/mol. The number of benzene rings is 1. The molecule has 0 aromatic heterocycles. The largest absolute Gasteiger partial charge is 0.492 e. The van der Waals surface area contributed by atoms with Crippen molar-refractivity contribution in [1.82, 2.24) is 5.32 Å². The monoisotopic (exact) mass is 309 g/mol. The lowest BCUT2D eigenvalue weighted by Crippen LogP contribution is -2.32. The zero-order chi connectivity index (χ0) is 12.5. The van der Waals surface area contributed by atoms with E-state index in [0.717, 1.165) is 53.7 Å². The first-order chi connectivity index (χ1) is 8.75. The number of rotatable bonds is 2. The lowest BCUT2D eigenvalue weighted by Gasteiger charge is -2.22. The van der Waals surface area contributed by atoms with Crippen molar-refractivity contribution in [3.63, 3.8) is 0 Å². The molecule has 1 N–H and O–H groups in total. The summed E-state index contributed by atoms with van der Waals surface area (Å²) in [5, 5.41) is 3.29. The molecule has 18 heavy (non-hydrogen) atoms. The fraction of sp³-hybridized carbons (Fsp3) is 0.500. The number of ether oxygens (including phenoxy) is 1. The Bertz CT molecular complexity index is 481. The van der Waals surface area contributed by atoms with E-state index in [4.69, 9.17) is 4.74 Å². The standard InChI is InChI=1S/C14H16BrNO2/c15-11-7-10-3-6-18-14(10)12(8-11)13(17)9-1-4-16-5-2-9/h7-9,16H,1-6H2. The molecule has 2 aliphatic rings. The normalized spacial score (nSPS) is 19.4. The number of ketones is 1. The van der Waals surface area contributed by atoms with Crippen molar-refractivity contribution in [2.75, 3.05) is 19.7 Å².